The van der Waals surface area contributed by atoms with Crippen molar-refractivity contribution in [3.05, 3.63) is 35.4 Å². The summed E-state index contributed by atoms with van der Waals surface area (Å²) in [5.74, 6) is 0. The van der Waals surface area contributed by atoms with Gasteiger partial charge in [-0.2, -0.15) is 5.26 Å². The molecule has 0 heterocycles. The normalized spacial score (nSPS) is 12.5. The van der Waals surface area contributed by atoms with Crippen LogP contribution in [0.2, 0.25) is 0 Å². The molecule has 1 atom stereocenters. The zero-order valence-electron chi connectivity index (χ0n) is 9.07. The third kappa shape index (κ3) is 4.33. The van der Waals surface area contributed by atoms with E-state index in [2.05, 4.69) is 30.0 Å². The summed E-state index contributed by atoms with van der Waals surface area (Å²) < 4.78 is 0. The van der Waals surface area contributed by atoms with Gasteiger partial charge in [0.1, 0.15) is 5.38 Å². The molecule has 0 aliphatic carbocycles. The zero-order chi connectivity index (χ0) is 11.3. The van der Waals surface area contributed by atoms with Gasteiger partial charge in [-0.3, -0.25) is 4.90 Å². The first kappa shape index (κ1) is 12.0. The van der Waals surface area contributed by atoms with Crippen LogP contribution >= 0.6 is 11.6 Å². The van der Waals surface area contributed by atoms with Crippen molar-refractivity contribution in [2.24, 2.45) is 0 Å². The highest BCUT2D eigenvalue weighted by molar-refractivity contribution is 6.22. The van der Waals surface area contributed by atoms with E-state index in [0.29, 0.717) is 6.54 Å². The topological polar surface area (TPSA) is 27.0 Å². The molecule has 1 aromatic rings. The fraction of sp³-hybridized carbons (Fsp3) is 0.417. The first-order chi connectivity index (χ1) is 7.11. The van der Waals surface area contributed by atoms with Gasteiger partial charge in [-0.05, 0) is 19.5 Å². The Balaban J connectivity index is 2.52. The smallest absolute Gasteiger partial charge is 0.133 e. The quantitative estimate of drug-likeness (QED) is 0.733. The van der Waals surface area contributed by atoms with Crippen LogP contribution in [0.1, 0.15) is 11.1 Å². The van der Waals surface area contributed by atoms with Gasteiger partial charge < -0.3 is 0 Å². The average Bonchev–Trinajstić information content (AvgIpc) is 2.17. The lowest BCUT2D eigenvalue weighted by Crippen LogP contribution is -2.24. The van der Waals surface area contributed by atoms with Crippen LogP contribution in [0.15, 0.2) is 24.3 Å². The molecule has 0 amide bonds. The predicted molar refractivity (Wildman–Crippen MR) is 62.8 cm³/mol. The van der Waals surface area contributed by atoms with E-state index in [4.69, 9.17) is 16.9 Å². The molecule has 0 aromatic heterocycles. The number of nitriles is 1. The van der Waals surface area contributed by atoms with Crippen LogP contribution in [0.3, 0.4) is 0 Å². The van der Waals surface area contributed by atoms with Crippen molar-refractivity contribution in [3.8, 4) is 6.07 Å². The second-order valence-electron chi connectivity index (χ2n) is 3.78. The number of hydrogen-bond donors (Lipinski definition) is 0. The Kier molecular flexibility index (Phi) is 4.61. The number of nitrogens with zero attached hydrogens (tertiary/aromatic N) is 2. The lowest BCUT2D eigenvalue weighted by Gasteiger charge is -2.17. The number of alkyl halides is 1. The summed E-state index contributed by atoms with van der Waals surface area (Å²) >= 11 is 5.75. The fourth-order valence-electron chi connectivity index (χ4n) is 1.50. The molecule has 3 heteroatoms. The Morgan fingerprint density at radius 2 is 2.27 bits per heavy atom. The van der Waals surface area contributed by atoms with Crippen LogP contribution in [0.4, 0.5) is 0 Å². The van der Waals surface area contributed by atoms with Gasteiger partial charge in [0.25, 0.3) is 0 Å². The Hall–Kier alpha value is -1.04. The molecule has 1 rings (SSSR count). The second-order valence-corrected chi connectivity index (χ2v) is 4.31. The van der Waals surface area contributed by atoms with Crippen molar-refractivity contribution >= 4 is 11.6 Å². The molecule has 0 fully saturated rings. The van der Waals surface area contributed by atoms with E-state index in [-0.39, 0.29) is 0 Å². The highest BCUT2D eigenvalue weighted by Crippen LogP contribution is 2.07. The van der Waals surface area contributed by atoms with Crippen molar-refractivity contribution in [2.75, 3.05) is 13.6 Å². The summed E-state index contributed by atoms with van der Waals surface area (Å²) in [5.41, 5.74) is 2.50. The van der Waals surface area contributed by atoms with E-state index < -0.39 is 5.38 Å². The molecule has 15 heavy (non-hydrogen) atoms. The molecular formula is C12H15ClN2. The minimum atomic E-state index is -0.431. The second kappa shape index (κ2) is 5.75. The van der Waals surface area contributed by atoms with E-state index in [1.165, 1.54) is 11.1 Å². The van der Waals surface area contributed by atoms with Gasteiger partial charge in [-0.1, -0.05) is 29.8 Å². The third-order valence-electron chi connectivity index (χ3n) is 2.15. The molecule has 2 nitrogen and oxygen atoms in total. The molecule has 0 bridgehead atoms. The largest absolute Gasteiger partial charge is 0.300 e. The van der Waals surface area contributed by atoms with E-state index in [0.717, 1.165) is 6.54 Å². The molecule has 0 radical (unpaired) electrons. The van der Waals surface area contributed by atoms with Crippen LogP contribution in [-0.4, -0.2) is 23.9 Å². The Labute approximate surface area is 96.1 Å². The molecule has 0 saturated heterocycles. The van der Waals surface area contributed by atoms with Crippen LogP contribution in [0, 0.1) is 18.3 Å². The first-order valence-electron chi connectivity index (χ1n) is 4.89. The first-order valence-corrected chi connectivity index (χ1v) is 5.33. The molecule has 80 valence electrons. The molecule has 0 spiro atoms. The lowest BCUT2D eigenvalue weighted by molar-refractivity contribution is 0.337. The van der Waals surface area contributed by atoms with Gasteiger partial charge in [0.2, 0.25) is 0 Å². The van der Waals surface area contributed by atoms with Crippen molar-refractivity contribution in [2.45, 2.75) is 18.8 Å². The minimum Gasteiger partial charge on any atom is -0.300 e. The van der Waals surface area contributed by atoms with E-state index in [1.807, 2.05) is 19.2 Å². The number of hydrogen-bond acceptors (Lipinski definition) is 2. The van der Waals surface area contributed by atoms with Gasteiger partial charge in [-0.25, -0.2) is 0 Å². The van der Waals surface area contributed by atoms with Crippen LogP contribution in [-0.2, 0) is 6.54 Å². The average molecular weight is 223 g/mol. The molecule has 0 aliphatic heterocycles. The molecule has 0 aliphatic rings. The third-order valence-corrected chi connectivity index (χ3v) is 2.38. The molecule has 0 saturated carbocycles. The highest BCUT2D eigenvalue weighted by Gasteiger charge is 2.07. The highest BCUT2D eigenvalue weighted by atomic mass is 35.5. The van der Waals surface area contributed by atoms with Gasteiger partial charge in [0.05, 0.1) is 6.07 Å². The summed E-state index contributed by atoms with van der Waals surface area (Å²) in [7, 11) is 1.97. The monoisotopic (exact) mass is 222 g/mol. The van der Waals surface area contributed by atoms with Crippen molar-refractivity contribution in [1.82, 2.24) is 4.90 Å². The number of benzene rings is 1. The summed E-state index contributed by atoms with van der Waals surface area (Å²) in [4.78, 5) is 2.05. The predicted octanol–water partition coefficient (Wildman–Crippen LogP) is 2.56. The number of aryl methyl sites for hydroxylation is 1. The maximum Gasteiger partial charge on any atom is 0.133 e. The van der Waals surface area contributed by atoms with Crippen LogP contribution in [0.5, 0.6) is 0 Å². The molecule has 0 N–H and O–H groups in total. The Bertz CT molecular complexity index is 357. The molecule has 1 aromatic carbocycles. The summed E-state index contributed by atoms with van der Waals surface area (Å²) in [5, 5.41) is 8.15. The zero-order valence-corrected chi connectivity index (χ0v) is 9.83. The molecule has 1 unspecified atom stereocenters. The summed E-state index contributed by atoms with van der Waals surface area (Å²) in [6.45, 7) is 3.49. The molecular weight excluding hydrogens is 208 g/mol. The van der Waals surface area contributed by atoms with E-state index in [9.17, 15) is 0 Å². The SMILES string of the molecule is Cc1cccc(CN(C)CC(Cl)C#N)c1. The van der Waals surface area contributed by atoms with Gasteiger partial charge in [0.15, 0.2) is 0 Å². The maximum atomic E-state index is 8.59. The summed E-state index contributed by atoms with van der Waals surface area (Å²) in [6, 6.07) is 10.4. The van der Waals surface area contributed by atoms with Crippen molar-refractivity contribution < 1.29 is 0 Å². The fourth-order valence-corrected chi connectivity index (χ4v) is 1.74. The Morgan fingerprint density at radius 3 is 2.87 bits per heavy atom. The van der Waals surface area contributed by atoms with Crippen LogP contribution in [0.25, 0.3) is 0 Å². The number of rotatable bonds is 4. The number of halogens is 1. The standard InChI is InChI=1S/C12H15ClN2/c1-10-4-3-5-11(6-10)8-15(2)9-12(13)7-14/h3-6,12H,8-9H2,1-2H3. The van der Waals surface area contributed by atoms with Gasteiger partial charge in [-0.15, -0.1) is 11.6 Å². The summed E-state index contributed by atoms with van der Waals surface area (Å²) in [6.07, 6.45) is 0. The van der Waals surface area contributed by atoms with Gasteiger partial charge in [0, 0.05) is 13.1 Å². The van der Waals surface area contributed by atoms with Crippen molar-refractivity contribution in [1.29, 1.82) is 5.26 Å². The lowest BCUT2D eigenvalue weighted by atomic mass is 10.1. The Morgan fingerprint density at radius 1 is 1.53 bits per heavy atom. The van der Waals surface area contributed by atoms with Crippen molar-refractivity contribution in [3.63, 3.8) is 0 Å². The van der Waals surface area contributed by atoms with E-state index >= 15 is 0 Å². The van der Waals surface area contributed by atoms with Crippen LogP contribution < -0.4 is 0 Å². The minimum absolute atomic E-state index is 0.431. The van der Waals surface area contributed by atoms with E-state index in [1.54, 1.807) is 0 Å². The van der Waals surface area contributed by atoms with Gasteiger partial charge >= 0.3 is 0 Å². The maximum absolute atomic E-state index is 8.59.